The van der Waals surface area contributed by atoms with E-state index < -0.39 is 11.9 Å². The number of aromatic amines is 1. The summed E-state index contributed by atoms with van der Waals surface area (Å²) >= 11 is 12.1. The maximum absolute atomic E-state index is 14.5. The minimum Gasteiger partial charge on any atom is -0.365 e. The number of carbonyl (C=O) groups is 1. The molecule has 2 N–H and O–H groups in total. The highest BCUT2D eigenvalue weighted by molar-refractivity contribution is 7.71. The van der Waals surface area contributed by atoms with Crippen LogP contribution in [-0.4, -0.2) is 58.6 Å². The van der Waals surface area contributed by atoms with Gasteiger partial charge in [0, 0.05) is 51.7 Å². The molecule has 8 nitrogen and oxygen atoms in total. The van der Waals surface area contributed by atoms with Crippen molar-refractivity contribution in [3.63, 3.8) is 0 Å². The molecule has 0 bridgehead atoms. The number of amides is 1. The summed E-state index contributed by atoms with van der Waals surface area (Å²) in [6, 6.07) is 6.95. The van der Waals surface area contributed by atoms with Crippen molar-refractivity contribution in [2.75, 3.05) is 38.1 Å². The predicted octanol–water partition coefficient (Wildman–Crippen LogP) is 2.95. The maximum atomic E-state index is 14.5. The third kappa shape index (κ3) is 4.50. The second kappa shape index (κ2) is 9.58. The van der Waals surface area contributed by atoms with Crippen LogP contribution in [0.25, 0.3) is 10.9 Å². The minimum absolute atomic E-state index is 0.0491. The number of hydrogen-bond donors (Lipinski definition) is 2. The van der Waals surface area contributed by atoms with Gasteiger partial charge in [-0.05, 0) is 30.7 Å². The van der Waals surface area contributed by atoms with Crippen LogP contribution in [0.3, 0.4) is 0 Å². The fraction of sp³-hybridized carbons (Fsp3) is 0.364. The van der Waals surface area contributed by atoms with Gasteiger partial charge in [-0.25, -0.2) is 9.78 Å². The van der Waals surface area contributed by atoms with Crippen molar-refractivity contribution in [2.45, 2.75) is 20.0 Å². The highest BCUT2D eigenvalue weighted by Gasteiger charge is 2.22. The number of halogens is 2. The zero-order valence-electron chi connectivity index (χ0n) is 18.3. The molecule has 3 heterocycles. The first-order valence-corrected chi connectivity index (χ1v) is 11.4. The first-order valence-electron chi connectivity index (χ1n) is 10.6. The number of hydrogen-bond acceptors (Lipinski definition) is 6. The van der Waals surface area contributed by atoms with Gasteiger partial charge in [-0.2, -0.15) is 4.39 Å². The zero-order valence-corrected chi connectivity index (χ0v) is 19.9. The third-order valence-corrected chi connectivity index (χ3v) is 6.76. The summed E-state index contributed by atoms with van der Waals surface area (Å²) in [5.41, 5.74) is 1.59. The van der Waals surface area contributed by atoms with Gasteiger partial charge in [0.2, 0.25) is 5.95 Å². The topological polar surface area (TPSA) is 86.3 Å². The molecule has 0 aliphatic carbocycles. The summed E-state index contributed by atoms with van der Waals surface area (Å²) in [7, 11) is 1.48. The van der Waals surface area contributed by atoms with E-state index in [4.69, 9.17) is 23.8 Å². The van der Waals surface area contributed by atoms with E-state index in [9.17, 15) is 14.0 Å². The van der Waals surface area contributed by atoms with Crippen molar-refractivity contribution in [1.82, 2.24) is 24.8 Å². The first-order chi connectivity index (χ1) is 15.8. The summed E-state index contributed by atoms with van der Waals surface area (Å²) in [4.78, 5) is 34.7. The number of aromatic nitrogens is 3. The Morgan fingerprint density at radius 2 is 1.97 bits per heavy atom. The average molecular weight is 491 g/mol. The molecule has 1 aromatic carbocycles. The Bertz CT molecular complexity index is 1330. The van der Waals surface area contributed by atoms with Crippen molar-refractivity contribution in [3.8, 4) is 0 Å². The monoisotopic (exact) mass is 490 g/mol. The van der Waals surface area contributed by atoms with E-state index in [1.54, 1.807) is 6.07 Å². The molecule has 4 rings (SSSR count). The molecule has 174 valence electrons. The smallest absolute Gasteiger partial charge is 0.327 e. The quantitative estimate of drug-likeness (QED) is 0.422. The van der Waals surface area contributed by atoms with Crippen LogP contribution >= 0.6 is 23.8 Å². The Balaban J connectivity index is 1.48. The standard InChI is InChI=1S/C22H24ClFN6O2S/c1-3-30-21(33)14-5-4-13(17(23)18(14)27-22(30)32)12-28-8-10-29(11-9-28)16-7-6-15(20(31)25-2)26-19(16)24/h4-7H,3,8-12H2,1-2H3,(H,25,31)(H,27,32). The highest BCUT2D eigenvalue weighted by atomic mass is 35.5. The molecule has 1 aliphatic rings. The van der Waals surface area contributed by atoms with Gasteiger partial charge in [-0.3, -0.25) is 14.3 Å². The molecule has 0 saturated carbocycles. The Labute approximate surface area is 200 Å². The van der Waals surface area contributed by atoms with Gasteiger partial charge in [0.05, 0.1) is 16.2 Å². The lowest BCUT2D eigenvalue weighted by molar-refractivity contribution is 0.0957. The van der Waals surface area contributed by atoms with E-state index in [-0.39, 0.29) is 11.4 Å². The van der Waals surface area contributed by atoms with Gasteiger partial charge >= 0.3 is 5.69 Å². The van der Waals surface area contributed by atoms with Gasteiger partial charge in [-0.1, -0.05) is 29.9 Å². The summed E-state index contributed by atoms with van der Waals surface area (Å²) in [5, 5.41) is 3.67. The number of anilines is 1. The fourth-order valence-corrected chi connectivity index (χ4v) is 4.70. The van der Waals surface area contributed by atoms with Crippen LogP contribution in [0.15, 0.2) is 29.1 Å². The van der Waals surface area contributed by atoms with Crippen molar-refractivity contribution >= 4 is 46.3 Å². The van der Waals surface area contributed by atoms with E-state index in [2.05, 4.69) is 20.2 Å². The van der Waals surface area contributed by atoms with Crippen LogP contribution < -0.4 is 15.9 Å². The highest BCUT2D eigenvalue weighted by Crippen LogP contribution is 2.28. The Morgan fingerprint density at radius 3 is 2.61 bits per heavy atom. The molecule has 1 saturated heterocycles. The number of rotatable bonds is 5. The van der Waals surface area contributed by atoms with E-state index in [1.165, 1.54) is 17.7 Å². The number of nitrogens with zero attached hydrogens (tertiary/aromatic N) is 4. The normalized spacial score (nSPS) is 14.6. The molecule has 1 aliphatic heterocycles. The largest absolute Gasteiger partial charge is 0.365 e. The Morgan fingerprint density at radius 1 is 1.24 bits per heavy atom. The lowest BCUT2D eigenvalue weighted by Gasteiger charge is -2.36. The van der Waals surface area contributed by atoms with Crippen molar-refractivity contribution in [1.29, 1.82) is 0 Å². The third-order valence-electron chi connectivity index (χ3n) is 5.89. The number of carbonyl (C=O) groups excluding carboxylic acids is 1. The SMILES string of the molecule is CCn1c(=O)[nH]c2c(Cl)c(CN3CCN(c4ccc(C(=O)NC)nc4F)CC3)ccc2c1=S. The van der Waals surface area contributed by atoms with Gasteiger partial charge in [-0.15, -0.1) is 0 Å². The Hall–Kier alpha value is -2.82. The number of benzene rings is 1. The maximum Gasteiger partial charge on any atom is 0.327 e. The summed E-state index contributed by atoms with van der Waals surface area (Å²) in [6.45, 7) is 5.54. The van der Waals surface area contributed by atoms with Crippen LogP contribution in [0.2, 0.25) is 5.02 Å². The number of H-pyrrole nitrogens is 1. The zero-order chi connectivity index (χ0) is 23.7. The van der Waals surface area contributed by atoms with Crippen LogP contribution in [0.5, 0.6) is 0 Å². The van der Waals surface area contributed by atoms with E-state index in [0.29, 0.717) is 60.1 Å². The van der Waals surface area contributed by atoms with E-state index >= 15 is 0 Å². The number of pyridine rings is 1. The lowest BCUT2D eigenvalue weighted by Crippen LogP contribution is -2.46. The van der Waals surface area contributed by atoms with Gasteiger partial charge in [0.1, 0.15) is 10.3 Å². The molecule has 0 atom stereocenters. The first kappa shape index (κ1) is 23.3. The molecule has 2 aromatic heterocycles. The van der Waals surface area contributed by atoms with Crippen molar-refractivity contribution < 1.29 is 9.18 Å². The number of fused-ring (bicyclic) bond motifs is 1. The van der Waals surface area contributed by atoms with Gasteiger partial charge < -0.3 is 15.2 Å². The van der Waals surface area contributed by atoms with Crippen LogP contribution in [-0.2, 0) is 13.1 Å². The number of piperazine rings is 1. The lowest BCUT2D eigenvalue weighted by atomic mass is 10.1. The molecule has 0 unspecified atom stereocenters. The van der Waals surface area contributed by atoms with Crippen molar-refractivity contribution in [2.24, 2.45) is 0 Å². The summed E-state index contributed by atoms with van der Waals surface area (Å²) in [5.74, 6) is -1.08. The molecule has 0 spiro atoms. The molecule has 11 heteroatoms. The minimum atomic E-state index is -0.657. The molecular formula is C22H24ClFN6O2S. The molecular weight excluding hydrogens is 467 g/mol. The second-order valence-corrected chi connectivity index (χ2v) is 8.55. The fourth-order valence-electron chi connectivity index (χ4n) is 4.05. The van der Waals surface area contributed by atoms with Crippen LogP contribution in [0.1, 0.15) is 23.0 Å². The van der Waals surface area contributed by atoms with Crippen LogP contribution in [0.4, 0.5) is 10.1 Å². The molecule has 0 radical (unpaired) electrons. The molecule has 33 heavy (non-hydrogen) atoms. The molecule has 1 amide bonds. The number of nitrogens with one attached hydrogen (secondary N) is 2. The molecule has 1 fully saturated rings. The molecule has 3 aromatic rings. The van der Waals surface area contributed by atoms with Crippen molar-refractivity contribution in [3.05, 3.63) is 61.6 Å². The van der Waals surface area contributed by atoms with E-state index in [0.717, 1.165) is 10.9 Å². The van der Waals surface area contributed by atoms with Gasteiger partial charge in [0.15, 0.2) is 0 Å². The average Bonchev–Trinajstić information content (AvgIpc) is 2.81. The Kier molecular flexibility index (Phi) is 6.78. The second-order valence-electron chi connectivity index (χ2n) is 7.79. The van der Waals surface area contributed by atoms with Gasteiger partial charge in [0.25, 0.3) is 5.91 Å². The summed E-state index contributed by atoms with van der Waals surface area (Å²) in [6.07, 6.45) is 0. The summed E-state index contributed by atoms with van der Waals surface area (Å²) < 4.78 is 16.5. The van der Waals surface area contributed by atoms with E-state index in [1.807, 2.05) is 24.0 Å². The van der Waals surface area contributed by atoms with Crippen LogP contribution in [0, 0.1) is 10.6 Å². The predicted molar refractivity (Wildman–Crippen MR) is 129 cm³/mol.